The number of hydrogen-bond acceptors (Lipinski definition) is 3. The van der Waals surface area contributed by atoms with Crippen LogP contribution in [0.1, 0.15) is 18.9 Å². The smallest absolute Gasteiger partial charge is 0.317 e. The van der Waals surface area contributed by atoms with Crippen LogP contribution in [0.4, 0.5) is 4.79 Å². The molecule has 0 saturated carbocycles. The molecule has 1 aromatic rings. The van der Waals surface area contributed by atoms with Crippen molar-refractivity contribution in [1.29, 1.82) is 0 Å². The van der Waals surface area contributed by atoms with E-state index >= 15 is 0 Å². The van der Waals surface area contributed by atoms with Crippen LogP contribution in [0.15, 0.2) is 24.3 Å². The Kier molecular flexibility index (Phi) is 6.64. The molecule has 1 aromatic carbocycles. The van der Waals surface area contributed by atoms with Crippen molar-refractivity contribution in [2.45, 2.75) is 19.8 Å². The molecule has 0 fully saturated rings. The first-order valence-corrected chi connectivity index (χ1v) is 6.10. The molecule has 0 heterocycles. The number of aryl methyl sites for hydroxylation is 1. The maximum absolute atomic E-state index is 11.1. The Bertz CT molecular complexity index is 352. The fourth-order valence-electron chi connectivity index (χ4n) is 1.46. The van der Waals surface area contributed by atoms with E-state index in [-0.39, 0.29) is 25.9 Å². The molecule has 0 unspecified atom stereocenters. The first-order valence-electron chi connectivity index (χ1n) is 6.10. The Morgan fingerprint density at radius 3 is 2.61 bits per heavy atom. The van der Waals surface area contributed by atoms with Crippen molar-refractivity contribution in [3.63, 3.8) is 0 Å². The second-order valence-electron chi connectivity index (χ2n) is 3.84. The highest BCUT2D eigenvalue weighted by molar-refractivity contribution is 5.73. The predicted molar refractivity (Wildman–Crippen MR) is 69.6 cm³/mol. The Balaban J connectivity index is 2.24. The number of carbonyl (C=O) groups is 1. The van der Waals surface area contributed by atoms with Crippen molar-refractivity contribution in [3.8, 4) is 5.75 Å². The molecule has 0 atom stereocenters. The van der Waals surface area contributed by atoms with Gasteiger partial charge in [0.15, 0.2) is 6.73 Å². The molecule has 2 amide bonds. The lowest BCUT2D eigenvalue weighted by Gasteiger charge is -2.09. The van der Waals surface area contributed by atoms with E-state index in [4.69, 9.17) is 9.84 Å². The highest BCUT2D eigenvalue weighted by atomic mass is 16.5. The number of aliphatic hydroxyl groups excluding tert-OH is 1. The van der Waals surface area contributed by atoms with Gasteiger partial charge in [-0.2, -0.15) is 0 Å². The summed E-state index contributed by atoms with van der Waals surface area (Å²) in [5.41, 5.74) is 1.28. The second kappa shape index (κ2) is 8.36. The average molecular weight is 252 g/mol. The third kappa shape index (κ3) is 5.54. The first kappa shape index (κ1) is 14.3. The summed E-state index contributed by atoms with van der Waals surface area (Å²) in [4.78, 5) is 11.1. The molecule has 0 spiro atoms. The zero-order chi connectivity index (χ0) is 13.2. The zero-order valence-corrected chi connectivity index (χ0v) is 10.6. The molecule has 5 nitrogen and oxygen atoms in total. The number of rotatable bonds is 7. The fourth-order valence-corrected chi connectivity index (χ4v) is 1.46. The molecule has 0 saturated heterocycles. The molecule has 100 valence electrons. The predicted octanol–water partition coefficient (Wildman–Crippen LogP) is 1.27. The number of urea groups is 1. The first-order chi connectivity index (χ1) is 8.76. The van der Waals surface area contributed by atoms with E-state index in [1.807, 2.05) is 24.3 Å². The molecular weight excluding hydrogens is 232 g/mol. The zero-order valence-electron chi connectivity index (χ0n) is 10.6. The highest BCUT2D eigenvalue weighted by Crippen LogP contribution is 2.12. The van der Waals surface area contributed by atoms with Crippen LogP contribution in [0.2, 0.25) is 0 Å². The minimum Gasteiger partial charge on any atom is -0.473 e. The van der Waals surface area contributed by atoms with Crippen molar-refractivity contribution in [2.75, 3.05) is 19.9 Å². The summed E-state index contributed by atoms with van der Waals surface area (Å²) in [6, 6.07) is 7.46. The summed E-state index contributed by atoms with van der Waals surface area (Å²) >= 11 is 0. The van der Waals surface area contributed by atoms with Gasteiger partial charge < -0.3 is 20.5 Å². The van der Waals surface area contributed by atoms with Crippen molar-refractivity contribution >= 4 is 6.03 Å². The average Bonchev–Trinajstić information content (AvgIpc) is 2.39. The number of aliphatic hydroxyl groups is 1. The van der Waals surface area contributed by atoms with Crippen LogP contribution in [0.25, 0.3) is 0 Å². The summed E-state index contributed by atoms with van der Waals surface area (Å²) in [5, 5.41) is 13.5. The van der Waals surface area contributed by atoms with Crippen LogP contribution in [0.3, 0.4) is 0 Å². The molecule has 3 N–H and O–H groups in total. The number of hydrogen-bond donors (Lipinski definition) is 3. The van der Waals surface area contributed by atoms with Crippen molar-refractivity contribution < 1.29 is 14.6 Å². The number of benzene rings is 1. The van der Waals surface area contributed by atoms with Crippen molar-refractivity contribution in [1.82, 2.24) is 10.6 Å². The maximum Gasteiger partial charge on any atom is 0.317 e. The van der Waals surface area contributed by atoms with Gasteiger partial charge in [-0.15, -0.1) is 0 Å². The van der Waals surface area contributed by atoms with Crippen LogP contribution in [-0.2, 0) is 6.42 Å². The van der Waals surface area contributed by atoms with Gasteiger partial charge in [0.1, 0.15) is 5.75 Å². The summed E-state index contributed by atoms with van der Waals surface area (Å²) in [5.74, 6) is 0.720. The van der Waals surface area contributed by atoms with Gasteiger partial charge in [0.05, 0.1) is 6.61 Å². The molecule has 18 heavy (non-hydrogen) atoms. The van der Waals surface area contributed by atoms with Gasteiger partial charge in [-0.3, -0.25) is 0 Å². The minimum absolute atomic E-state index is 0.0762. The third-order valence-electron chi connectivity index (χ3n) is 2.33. The van der Waals surface area contributed by atoms with Gasteiger partial charge in [0.2, 0.25) is 0 Å². The lowest BCUT2D eigenvalue weighted by molar-refractivity contribution is 0.219. The van der Waals surface area contributed by atoms with Crippen LogP contribution in [-0.4, -0.2) is 31.0 Å². The normalized spacial score (nSPS) is 9.89. The van der Waals surface area contributed by atoms with Crippen LogP contribution >= 0.6 is 0 Å². The monoisotopic (exact) mass is 252 g/mol. The number of amides is 2. The van der Waals surface area contributed by atoms with Gasteiger partial charge in [-0.05, 0) is 24.1 Å². The van der Waals surface area contributed by atoms with E-state index in [1.54, 1.807) is 0 Å². The van der Waals surface area contributed by atoms with Gasteiger partial charge in [-0.1, -0.05) is 25.5 Å². The summed E-state index contributed by atoms with van der Waals surface area (Å²) in [6.07, 6.45) is 2.18. The molecule has 0 aliphatic carbocycles. The van der Waals surface area contributed by atoms with E-state index in [0.29, 0.717) is 0 Å². The lowest BCUT2D eigenvalue weighted by atomic mass is 10.1. The highest BCUT2D eigenvalue weighted by Gasteiger charge is 1.99. The molecule has 0 bridgehead atoms. The third-order valence-corrected chi connectivity index (χ3v) is 2.33. The molecule has 0 radical (unpaired) electrons. The van der Waals surface area contributed by atoms with Gasteiger partial charge in [0.25, 0.3) is 0 Å². The molecule has 1 rings (SSSR count). The van der Waals surface area contributed by atoms with E-state index in [2.05, 4.69) is 17.6 Å². The van der Waals surface area contributed by atoms with Gasteiger partial charge in [0, 0.05) is 6.54 Å². The largest absolute Gasteiger partial charge is 0.473 e. The molecule has 0 aliphatic heterocycles. The quantitative estimate of drug-likeness (QED) is 0.640. The Morgan fingerprint density at radius 1 is 1.28 bits per heavy atom. The topological polar surface area (TPSA) is 70.6 Å². The molecule has 0 aromatic heterocycles. The van der Waals surface area contributed by atoms with Gasteiger partial charge in [-0.25, -0.2) is 4.79 Å². The van der Waals surface area contributed by atoms with Crippen LogP contribution in [0, 0.1) is 0 Å². The number of carbonyl (C=O) groups excluding carboxylic acids is 1. The Hall–Kier alpha value is -1.75. The maximum atomic E-state index is 11.1. The molecular formula is C13H20N2O3. The van der Waals surface area contributed by atoms with E-state index in [9.17, 15) is 4.79 Å². The van der Waals surface area contributed by atoms with Gasteiger partial charge >= 0.3 is 6.03 Å². The van der Waals surface area contributed by atoms with E-state index in [0.717, 1.165) is 18.6 Å². The lowest BCUT2D eigenvalue weighted by Crippen LogP contribution is -2.38. The Morgan fingerprint density at radius 2 is 2.00 bits per heavy atom. The molecule has 0 aliphatic rings. The van der Waals surface area contributed by atoms with Crippen LogP contribution in [0.5, 0.6) is 5.75 Å². The standard InChI is InChI=1S/C13H20N2O3/c1-2-3-11-4-6-12(7-5-11)18-10-15-13(17)14-8-9-16/h4-7,16H,2-3,8-10H2,1H3,(H2,14,15,17). The molecule has 5 heteroatoms. The SMILES string of the molecule is CCCc1ccc(OCNC(=O)NCCO)cc1. The minimum atomic E-state index is -0.355. The van der Waals surface area contributed by atoms with Crippen molar-refractivity contribution in [3.05, 3.63) is 29.8 Å². The van der Waals surface area contributed by atoms with E-state index < -0.39 is 0 Å². The number of ether oxygens (including phenoxy) is 1. The van der Waals surface area contributed by atoms with E-state index in [1.165, 1.54) is 5.56 Å². The summed E-state index contributed by atoms with van der Waals surface area (Å²) in [7, 11) is 0. The summed E-state index contributed by atoms with van der Waals surface area (Å²) < 4.78 is 5.36. The fraction of sp³-hybridized carbons (Fsp3) is 0.462. The van der Waals surface area contributed by atoms with Crippen LogP contribution < -0.4 is 15.4 Å². The second-order valence-corrected chi connectivity index (χ2v) is 3.84. The summed E-state index contributed by atoms with van der Waals surface area (Å²) in [6.45, 7) is 2.40. The number of nitrogens with one attached hydrogen (secondary N) is 2. The van der Waals surface area contributed by atoms with Crippen molar-refractivity contribution in [2.24, 2.45) is 0 Å². The Labute approximate surface area is 107 Å².